The van der Waals surface area contributed by atoms with Gasteiger partial charge in [0.15, 0.2) is 0 Å². The van der Waals surface area contributed by atoms with E-state index in [4.69, 9.17) is 5.21 Å². The Hall–Kier alpha value is -1.95. The molecule has 13 heavy (non-hydrogen) atoms. The first-order valence-electron chi connectivity index (χ1n) is 3.34. The van der Waals surface area contributed by atoms with Crippen molar-refractivity contribution in [1.29, 1.82) is 0 Å². The standard InChI is InChI=1S/C7H6N2O4/c10-7(8-11)5-1-3-6(4-2-5)9(12)13/h1-4,11H,(H,8,10)/i8+1. The van der Waals surface area contributed by atoms with Gasteiger partial charge >= 0.3 is 0 Å². The summed E-state index contributed by atoms with van der Waals surface area (Å²) in [6, 6.07) is 4.88. The van der Waals surface area contributed by atoms with E-state index in [1.807, 2.05) is 0 Å². The quantitative estimate of drug-likeness (QED) is 0.305. The number of rotatable bonds is 2. The Balaban J connectivity index is 2.93. The highest BCUT2D eigenvalue weighted by atomic mass is 16.7. The van der Waals surface area contributed by atoms with E-state index < -0.39 is 10.8 Å². The Kier molecular flexibility index (Phi) is 2.56. The summed E-state index contributed by atoms with van der Waals surface area (Å²) in [6.07, 6.45) is 0. The highest BCUT2D eigenvalue weighted by Crippen LogP contribution is 2.11. The summed E-state index contributed by atoms with van der Waals surface area (Å²) in [5, 5.41) is 18.4. The molecular formula is C7H6N2O4. The first-order chi connectivity index (χ1) is 6.15. The summed E-state index contributed by atoms with van der Waals surface area (Å²) in [5.74, 6) is -0.699. The molecule has 1 amide bonds. The van der Waals surface area contributed by atoms with Gasteiger partial charge in [-0.05, 0) is 12.1 Å². The van der Waals surface area contributed by atoms with Crippen LogP contribution < -0.4 is 5.48 Å². The molecule has 1 aromatic carbocycles. The molecule has 0 aliphatic heterocycles. The molecule has 0 aliphatic rings. The van der Waals surface area contributed by atoms with Crippen molar-refractivity contribution in [2.24, 2.45) is 0 Å². The molecule has 0 aliphatic carbocycles. The zero-order valence-corrected chi connectivity index (χ0v) is 6.43. The van der Waals surface area contributed by atoms with Crippen molar-refractivity contribution in [3.05, 3.63) is 39.9 Å². The number of nitro benzene ring substituents is 1. The Labute approximate surface area is 72.9 Å². The van der Waals surface area contributed by atoms with Gasteiger partial charge in [-0.3, -0.25) is 20.1 Å². The minimum absolute atomic E-state index is 0.102. The molecule has 0 saturated heterocycles. The van der Waals surface area contributed by atoms with Gasteiger partial charge in [0.1, 0.15) is 0 Å². The van der Waals surface area contributed by atoms with Gasteiger partial charge in [-0.1, -0.05) is 0 Å². The van der Waals surface area contributed by atoms with Crippen LogP contribution in [0.5, 0.6) is 0 Å². The van der Waals surface area contributed by atoms with Crippen molar-refractivity contribution >= 4 is 11.6 Å². The number of nitrogens with zero attached hydrogens (tertiary/aromatic N) is 1. The molecule has 0 heterocycles. The molecule has 6 nitrogen and oxygen atoms in total. The van der Waals surface area contributed by atoms with Crippen molar-refractivity contribution in [3.63, 3.8) is 0 Å². The van der Waals surface area contributed by atoms with Crippen LogP contribution in [0, 0.1) is 10.1 Å². The topological polar surface area (TPSA) is 92.5 Å². The number of hydroxylamine groups is 1. The molecule has 68 valence electrons. The SMILES string of the molecule is O=C([15NH]O)c1ccc([N+](=O)[O-])cc1. The average molecular weight is 183 g/mol. The molecule has 1 rings (SSSR count). The van der Waals surface area contributed by atoms with Crippen molar-refractivity contribution < 1.29 is 14.9 Å². The first kappa shape index (κ1) is 9.14. The van der Waals surface area contributed by atoms with Gasteiger partial charge in [-0.25, -0.2) is 5.48 Å². The molecule has 0 aromatic heterocycles. The van der Waals surface area contributed by atoms with Crippen LogP contribution in [0.1, 0.15) is 10.4 Å². The molecule has 0 saturated carbocycles. The van der Waals surface area contributed by atoms with Crippen LogP contribution in [0.3, 0.4) is 0 Å². The highest BCUT2D eigenvalue weighted by Gasteiger charge is 2.07. The second-order valence-electron chi connectivity index (χ2n) is 2.24. The van der Waals surface area contributed by atoms with Crippen molar-refractivity contribution in [2.45, 2.75) is 0 Å². The van der Waals surface area contributed by atoms with Crippen molar-refractivity contribution in [1.82, 2.24) is 5.48 Å². The first-order valence-corrected chi connectivity index (χ1v) is 3.34. The second kappa shape index (κ2) is 3.63. The lowest BCUT2D eigenvalue weighted by Crippen LogP contribution is -2.18. The zero-order valence-electron chi connectivity index (χ0n) is 6.43. The van der Waals surface area contributed by atoms with E-state index in [1.165, 1.54) is 29.7 Å². The maximum atomic E-state index is 10.8. The lowest BCUT2D eigenvalue weighted by Gasteiger charge is -1.96. The average Bonchev–Trinajstić information content (AvgIpc) is 2.17. The minimum Gasteiger partial charge on any atom is -0.288 e. The van der Waals surface area contributed by atoms with Gasteiger partial charge in [0.2, 0.25) is 0 Å². The summed E-state index contributed by atoms with van der Waals surface area (Å²) in [4.78, 5) is 20.4. The Morgan fingerprint density at radius 1 is 1.38 bits per heavy atom. The van der Waals surface area contributed by atoms with Crippen molar-refractivity contribution in [3.8, 4) is 0 Å². The van der Waals surface area contributed by atoms with Crippen LogP contribution in [-0.2, 0) is 0 Å². The molecular weight excluding hydrogens is 177 g/mol. The summed E-state index contributed by atoms with van der Waals surface area (Å²) in [5.41, 5.74) is 1.48. The lowest BCUT2D eigenvalue weighted by atomic mass is 10.2. The highest BCUT2D eigenvalue weighted by molar-refractivity contribution is 5.93. The van der Waals surface area contributed by atoms with Crippen LogP contribution in [0.2, 0.25) is 0 Å². The number of carbonyl (C=O) groups excluding carboxylic acids is 1. The summed E-state index contributed by atoms with van der Waals surface area (Å²) >= 11 is 0. The number of carbonyl (C=O) groups is 1. The molecule has 0 fully saturated rings. The smallest absolute Gasteiger partial charge is 0.274 e. The number of non-ortho nitro benzene ring substituents is 1. The molecule has 2 N–H and O–H groups in total. The molecule has 6 heteroatoms. The van der Waals surface area contributed by atoms with Crippen molar-refractivity contribution in [2.75, 3.05) is 0 Å². The molecule has 0 bridgehead atoms. The number of benzene rings is 1. The number of nitrogens with one attached hydrogen (secondary N) is 1. The predicted molar refractivity (Wildman–Crippen MR) is 42.3 cm³/mol. The second-order valence-corrected chi connectivity index (χ2v) is 2.24. The monoisotopic (exact) mass is 183 g/mol. The molecule has 0 atom stereocenters. The summed E-state index contributed by atoms with van der Waals surface area (Å²) in [7, 11) is 0. The van der Waals surface area contributed by atoms with Gasteiger partial charge < -0.3 is 0 Å². The summed E-state index contributed by atoms with van der Waals surface area (Å²) < 4.78 is 0. The number of amides is 1. The maximum absolute atomic E-state index is 10.8. The van der Waals surface area contributed by atoms with Crippen LogP contribution in [-0.4, -0.2) is 16.0 Å². The third kappa shape index (κ3) is 2.00. The van der Waals surface area contributed by atoms with E-state index in [9.17, 15) is 14.9 Å². The Bertz CT molecular complexity index is 333. The zero-order chi connectivity index (χ0) is 9.84. The number of nitro groups is 1. The Morgan fingerprint density at radius 2 is 1.92 bits per heavy atom. The van der Waals surface area contributed by atoms with E-state index in [0.717, 1.165) is 0 Å². The predicted octanol–water partition coefficient (Wildman–Crippen LogP) is 0.714. The van der Waals surface area contributed by atoms with Gasteiger partial charge in [0, 0.05) is 17.7 Å². The summed E-state index contributed by atoms with van der Waals surface area (Å²) in [6.45, 7) is 0. The van der Waals surface area contributed by atoms with Crippen LogP contribution in [0.4, 0.5) is 5.69 Å². The van der Waals surface area contributed by atoms with Gasteiger partial charge in [-0.2, -0.15) is 0 Å². The van der Waals surface area contributed by atoms with E-state index in [0.29, 0.717) is 0 Å². The lowest BCUT2D eigenvalue weighted by molar-refractivity contribution is -0.384. The number of hydrogen-bond acceptors (Lipinski definition) is 4. The minimum atomic E-state index is -0.699. The fourth-order valence-corrected chi connectivity index (χ4v) is 0.799. The molecule has 0 spiro atoms. The number of hydrogen-bond donors (Lipinski definition) is 2. The third-order valence-corrected chi connectivity index (χ3v) is 1.44. The maximum Gasteiger partial charge on any atom is 0.274 e. The van der Waals surface area contributed by atoms with Gasteiger partial charge in [0.25, 0.3) is 11.6 Å². The third-order valence-electron chi connectivity index (χ3n) is 1.44. The fourth-order valence-electron chi connectivity index (χ4n) is 0.799. The van der Waals surface area contributed by atoms with Crippen LogP contribution >= 0.6 is 0 Å². The normalized spacial score (nSPS) is 9.31. The molecule has 0 unspecified atom stereocenters. The van der Waals surface area contributed by atoms with E-state index in [-0.39, 0.29) is 11.3 Å². The Morgan fingerprint density at radius 3 is 2.31 bits per heavy atom. The van der Waals surface area contributed by atoms with E-state index in [2.05, 4.69) is 0 Å². The van der Waals surface area contributed by atoms with E-state index in [1.54, 1.807) is 0 Å². The van der Waals surface area contributed by atoms with Gasteiger partial charge in [0.05, 0.1) is 4.92 Å². The fraction of sp³-hybridized carbons (Fsp3) is 0. The molecule has 0 radical (unpaired) electrons. The largest absolute Gasteiger partial charge is 0.288 e. The van der Waals surface area contributed by atoms with Gasteiger partial charge in [-0.15, -0.1) is 0 Å². The molecule has 1 aromatic rings. The van der Waals surface area contributed by atoms with Crippen LogP contribution in [0.15, 0.2) is 24.3 Å². The van der Waals surface area contributed by atoms with Crippen LogP contribution in [0.25, 0.3) is 0 Å². The van der Waals surface area contributed by atoms with E-state index >= 15 is 0 Å².